The van der Waals surface area contributed by atoms with Crippen molar-refractivity contribution in [3.05, 3.63) is 59.7 Å². The topological polar surface area (TPSA) is 75.4 Å². The Morgan fingerprint density at radius 1 is 1.09 bits per heavy atom. The highest BCUT2D eigenvalue weighted by molar-refractivity contribution is 6.13. The molecule has 2 amide bonds. The summed E-state index contributed by atoms with van der Waals surface area (Å²) in [6.45, 7) is 0. The third-order valence-corrected chi connectivity index (χ3v) is 3.88. The monoisotopic (exact) mass is 295 g/mol. The molecule has 0 aliphatic carbocycles. The number of carbonyl (C=O) groups excluding carboxylic acids is 2. The van der Waals surface area contributed by atoms with E-state index in [1.165, 1.54) is 4.90 Å². The lowest BCUT2D eigenvalue weighted by Crippen LogP contribution is -2.45. The molecular formula is C17H17N3O2. The summed E-state index contributed by atoms with van der Waals surface area (Å²) in [5, 5.41) is 2.79. The first-order valence-corrected chi connectivity index (χ1v) is 7.09. The molecule has 0 fully saturated rings. The van der Waals surface area contributed by atoms with Gasteiger partial charge in [-0.2, -0.15) is 0 Å². The van der Waals surface area contributed by atoms with Gasteiger partial charge in [0.05, 0.1) is 11.3 Å². The van der Waals surface area contributed by atoms with Gasteiger partial charge in [0.25, 0.3) is 5.91 Å². The molecule has 0 radical (unpaired) electrons. The number of nitrogens with two attached hydrogens (primary N) is 1. The lowest BCUT2D eigenvalue weighted by atomic mass is 10.1. The van der Waals surface area contributed by atoms with E-state index in [9.17, 15) is 9.59 Å². The smallest absolute Gasteiger partial charge is 0.256 e. The average Bonchev–Trinajstić information content (AvgIpc) is 2.61. The minimum atomic E-state index is -0.605. The Morgan fingerprint density at radius 3 is 2.55 bits per heavy atom. The number of anilines is 2. The van der Waals surface area contributed by atoms with Crippen LogP contribution in [-0.4, -0.2) is 24.9 Å². The van der Waals surface area contributed by atoms with E-state index in [0.29, 0.717) is 23.4 Å². The number of nitrogen functional groups attached to an aromatic ring is 1. The summed E-state index contributed by atoms with van der Waals surface area (Å²) in [6, 6.07) is 14.1. The molecule has 0 bridgehead atoms. The van der Waals surface area contributed by atoms with Crippen LogP contribution in [0.4, 0.5) is 11.4 Å². The number of fused-ring (bicyclic) bond motifs is 1. The Balaban J connectivity index is 1.97. The summed E-state index contributed by atoms with van der Waals surface area (Å²) in [5.41, 5.74) is 8.17. The lowest BCUT2D eigenvalue weighted by Gasteiger charge is -2.21. The number of benzene rings is 2. The van der Waals surface area contributed by atoms with E-state index in [2.05, 4.69) is 5.32 Å². The number of carbonyl (C=O) groups is 2. The zero-order chi connectivity index (χ0) is 15.7. The molecule has 112 valence electrons. The number of likely N-dealkylation sites (N-methyl/N-ethyl adjacent to an activating group) is 1. The number of hydrogen-bond donors (Lipinski definition) is 2. The van der Waals surface area contributed by atoms with Crippen molar-refractivity contribution >= 4 is 23.2 Å². The maximum atomic E-state index is 12.6. The van der Waals surface area contributed by atoms with Crippen LogP contribution in [0, 0.1) is 0 Å². The van der Waals surface area contributed by atoms with Crippen molar-refractivity contribution in [3.8, 4) is 0 Å². The van der Waals surface area contributed by atoms with Gasteiger partial charge in [0, 0.05) is 19.2 Å². The second-order valence-electron chi connectivity index (χ2n) is 5.35. The molecule has 1 aliphatic heterocycles. The number of rotatable bonds is 2. The minimum absolute atomic E-state index is 0.151. The summed E-state index contributed by atoms with van der Waals surface area (Å²) < 4.78 is 0. The highest BCUT2D eigenvalue weighted by Crippen LogP contribution is 2.28. The second-order valence-corrected chi connectivity index (χ2v) is 5.35. The number of hydrogen-bond acceptors (Lipinski definition) is 3. The predicted octanol–water partition coefficient (Wildman–Crippen LogP) is 1.59. The SMILES string of the molecule is CN1C(=O)[C@H](Cc2ccccc2)NC(=O)c2c(N)cccc21. The van der Waals surface area contributed by atoms with Crippen LogP contribution >= 0.6 is 0 Å². The van der Waals surface area contributed by atoms with E-state index in [-0.39, 0.29) is 11.8 Å². The molecular weight excluding hydrogens is 278 g/mol. The fourth-order valence-electron chi connectivity index (χ4n) is 2.72. The molecule has 0 aromatic heterocycles. The highest BCUT2D eigenvalue weighted by Gasteiger charge is 2.32. The van der Waals surface area contributed by atoms with Crippen LogP contribution in [0.3, 0.4) is 0 Å². The summed E-state index contributed by atoms with van der Waals surface area (Å²) in [6.07, 6.45) is 0.448. The maximum Gasteiger partial charge on any atom is 0.256 e. The standard InChI is InChI=1S/C17H17N3O2/c1-20-14-9-5-8-12(18)15(14)16(21)19-13(17(20)22)10-11-6-3-2-4-7-11/h2-9,13H,10,18H2,1H3,(H,19,21)/t13-/m0/s1. The van der Waals surface area contributed by atoms with Crippen LogP contribution in [-0.2, 0) is 11.2 Å². The summed E-state index contributed by atoms with van der Waals surface area (Å²) in [5.74, 6) is -0.465. The third kappa shape index (κ3) is 2.41. The van der Waals surface area contributed by atoms with Gasteiger partial charge in [-0.25, -0.2) is 0 Å². The number of nitrogens with one attached hydrogen (secondary N) is 1. The molecule has 2 aromatic carbocycles. The van der Waals surface area contributed by atoms with Crippen LogP contribution < -0.4 is 16.0 Å². The van der Waals surface area contributed by atoms with Gasteiger partial charge in [0.15, 0.2) is 0 Å². The van der Waals surface area contributed by atoms with Crippen molar-refractivity contribution in [2.24, 2.45) is 0 Å². The van der Waals surface area contributed by atoms with Crippen LogP contribution in [0.2, 0.25) is 0 Å². The second kappa shape index (κ2) is 5.52. The normalized spacial score (nSPS) is 17.7. The van der Waals surface area contributed by atoms with E-state index in [4.69, 9.17) is 5.73 Å². The van der Waals surface area contributed by atoms with E-state index in [1.807, 2.05) is 30.3 Å². The first-order chi connectivity index (χ1) is 10.6. The molecule has 0 saturated carbocycles. The predicted molar refractivity (Wildman–Crippen MR) is 85.7 cm³/mol. The fourth-order valence-corrected chi connectivity index (χ4v) is 2.72. The number of nitrogens with zero attached hydrogens (tertiary/aromatic N) is 1. The molecule has 0 spiro atoms. The van der Waals surface area contributed by atoms with E-state index in [0.717, 1.165) is 5.56 Å². The highest BCUT2D eigenvalue weighted by atomic mass is 16.2. The van der Waals surface area contributed by atoms with Gasteiger partial charge >= 0.3 is 0 Å². The van der Waals surface area contributed by atoms with Crippen LogP contribution in [0.25, 0.3) is 0 Å². The van der Waals surface area contributed by atoms with Crippen LogP contribution in [0.1, 0.15) is 15.9 Å². The van der Waals surface area contributed by atoms with Crippen LogP contribution in [0.5, 0.6) is 0 Å². The Hall–Kier alpha value is -2.82. The van der Waals surface area contributed by atoms with Crippen LogP contribution in [0.15, 0.2) is 48.5 Å². The molecule has 3 rings (SSSR count). The van der Waals surface area contributed by atoms with Crippen molar-refractivity contribution in [1.29, 1.82) is 0 Å². The van der Waals surface area contributed by atoms with E-state index < -0.39 is 6.04 Å². The van der Waals surface area contributed by atoms with E-state index >= 15 is 0 Å². The lowest BCUT2D eigenvalue weighted by molar-refractivity contribution is -0.120. The van der Waals surface area contributed by atoms with Gasteiger partial charge in [-0.1, -0.05) is 36.4 Å². The van der Waals surface area contributed by atoms with Gasteiger partial charge in [0.2, 0.25) is 5.91 Å². The largest absolute Gasteiger partial charge is 0.398 e. The quantitative estimate of drug-likeness (QED) is 0.826. The first kappa shape index (κ1) is 14.1. The van der Waals surface area contributed by atoms with Gasteiger partial charge < -0.3 is 16.0 Å². The molecule has 1 aliphatic rings. The zero-order valence-corrected chi connectivity index (χ0v) is 12.2. The third-order valence-electron chi connectivity index (χ3n) is 3.88. The summed E-state index contributed by atoms with van der Waals surface area (Å²) >= 11 is 0. The maximum absolute atomic E-state index is 12.6. The molecule has 0 unspecified atom stereocenters. The summed E-state index contributed by atoms with van der Waals surface area (Å²) in [4.78, 5) is 26.6. The van der Waals surface area contributed by atoms with Gasteiger partial charge in [0.1, 0.15) is 6.04 Å². The van der Waals surface area contributed by atoms with Gasteiger partial charge in [-0.3, -0.25) is 9.59 Å². The molecule has 5 nitrogen and oxygen atoms in total. The fraction of sp³-hybridized carbons (Fsp3) is 0.176. The Morgan fingerprint density at radius 2 is 1.82 bits per heavy atom. The van der Waals surface area contributed by atoms with Crippen molar-refractivity contribution < 1.29 is 9.59 Å². The van der Waals surface area contributed by atoms with Crippen molar-refractivity contribution in [3.63, 3.8) is 0 Å². The first-order valence-electron chi connectivity index (χ1n) is 7.09. The Kier molecular flexibility index (Phi) is 3.55. The average molecular weight is 295 g/mol. The molecule has 5 heteroatoms. The van der Waals surface area contributed by atoms with Gasteiger partial charge in [-0.15, -0.1) is 0 Å². The molecule has 2 aromatic rings. The van der Waals surface area contributed by atoms with Crippen molar-refractivity contribution in [2.75, 3.05) is 17.7 Å². The van der Waals surface area contributed by atoms with E-state index in [1.54, 1.807) is 25.2 Å². The summed E-state index contributed by atoms with van der Waals surface area (Å²) in [7, 11) is 1.67. The molecule has 22 heavy (non-hydrogen) atoms. The molecule has 0 saturated heterocycles. The molecule has 1 atom stereocenters. The van der Waals surface area contributed by atoms with Gasteiger partial charge in [-0.05, 0) is 17.7 Å². The molecule has 1 heterocycles. The minimum Gasteiger partial charge on any atom is -0.398 e. The Bertz CT molecular complexity index is 728. The Labute approximate surface area is 128 Å². The van der Waals surface area contributed by atoms with Crippen molar-refractivity contribution in [1.82, 2.24) is 5.32 Å². The van der Waals surface area contributed by atoms with Crippen molar-refractivity contribution in [2.45, 2.75) is 12.5 Å². The number of amides is 2. The zero-order valence-electron chi connectivity index (χ0n) is 12.2. The molecule has 3 N–H and O–H groups in total.